The van der Waals surface area contributed by atoms with Crippen molar-refractivity contribution in [3.63, 3.8) is 0 Å². The number of unbranched alkanes of at least 4 members (excludes halogenated alkanes) is 1. The summed E-state index contributed by atoms with van der Waals surface area (Å²) in [6, 6.07) is 5.31. The van der Waals surface area contributed by atoms with Crippen molar-refractivity contribution in [2.24, 2.45) is 5.92 Å². The first kappa shape index (κ1) is 17.5. The molecule has 0 unspecified atom stereocenters. The molecule has 0 bridgehead atoms. The molecule has 0 amide bonds. The van der Waals surface area contributed by atoms with Crippen LogP contribution in [0.1, 0.15) is 39.5 Å². The molecule has 1 rings (SSSR count). The van der Waals surface area contributed by atoms with Crippen molar-refractivity contribution in [2.45, 2.75) is 39.5 Å². The first-order valence-electron chi connectivity index (χ1n) is 7.06. The van der Waals surface area contributed by atoms with E-state index in [-0.39, 0.29) is 0 Å². The number of hydrogen-bond donors (Lipinski definition) is 2. The molecule has 0 aliphatic heterocycles. The molecule has 0 spiro atoms. The van der Waals surface area contributed by atoms with Crippen molar-refractivity contribution in [2.75, 3.05) is 11.9 Å². The predicted molar refractivity (Wildman–Crippen MR) is 94.0 cm³/mol. The van der Waals surface area contributed by atoms with Crippen LogP contribution in [-0.2, 0) is 0 Å². The molecule has 5 heteroatoms. The zero-order valence-corrected chi connectivity index (χ0v) is 14.3. The Balaban J connectivity index is 2.43. The van der Waals surface area contributed by atoms with Gasteiger partial charge in [0, 0.05) is 11.6 Å². The Morgan fingerprint density at radius 3 is 2.65 bits per heavy atom. The van der Waals surface area contributed by atoms with E-state index in [1.54, 1.807) is 12.1 Å². The summed E-state index contributed by atoms with van der Waals surface area (Å²) in [5.41, 5.74) is 0.773. The Labute approximate surface area is 137 Å². The highest BCUT2D eigenvalue weighted by Gasteiger charge is 2.08. The van der Waals surface area contributed by atoms with Gasteiger partial charge in [-0.25, -0.2) is 0 Å². The van der Waals surface area contributed by atoms with Gasteiger partial charge in [-0.3, -0.25) is 0 Å². The van der Waals surface area contributed by atoms with Crippen LogP contribution in [0.3, 0.4) is 0 Å². The second-order valence-corrected chi connectivity index (χ2v) is 6.13. The van der Waals surface area contributed by atoms with Crippen LogP contribution >= 0.6 is 35.4 Å². The van der Waals surface area contributed by atoms with Crippen molar-refractivity contribution in [3.8, 4) is 0 Å². The number of nitrogens with one attached hydrogen (secondary N) is 2. The van der Waals surface area contributed by atoms with E-state index in [0.29, 0.717) is 21.1 Å². The van der Waals surface area contributed by atoms with Crippen LogP contribution in [0.2, 0.25) is 10.0 Å². The van der Waals surface area contributed by atoms with E-state index >= 15 is 0 Å². The minimum atomic E-state index is 0.569. The lowest BCUT2D eigenvalue weighted by molar-refractivity contribution is 0.446. The van der Waals surface area contributed by atoms with Gasteiger partial charge in [0.25, 0.3) is 0 Å². The largest absolute Gasteiger partial charge is 0.362 e. The van der Waals surface area contributed by atoms with Gasteiger partial charge in [0.15, 0.2) is 5.11 Å². The molecule has 20 heavy (non-hydrogen) atoms. The minimum Gasteiger partial charge on any atom is -0.362 e. The van der Waals surface area contributed by atoms with Gasteiger partial charge in [-0.2, -0.15) is 0 Å². The van der Waals surface area contributed by atoms with E-state index in [4.69, 9.17) is 35.4 Å². The summed E-state index contributed by atoms with van der Waals surface area (Å²) in [5.74, 6) is 0.662. The first-order chi connectivity index (χ1) is 9.56. The molecule has 1 aromatic rings. The van der Waals surface area contributed by atoms with Crippen molar-refractivity contribution in [1.29, 1.82) is 0 Å². The Morgan fingerprint density at radius 2 is 2.05 bits per heavy atom. The molecule has 0 saturated carbocycles. The van der Waals surface area contributed by atoms with E-state index in [1.807, 2.05) is 6.07 Å². The van der Waals surface area contributed by atoms with Crippen LogP contribution in [0.25, 0.3) is 0 Å². The molecule has 0 fully saturated rings. The van der Waals surface area contributed by atoms with E-state index < -0.39 is 0 Å². The summed E-state index contributed by atoms with van der Waals surface area (Å²) >= 11 is 17.3. The van der Waals surface area contributed by atoms with Gasteiger partial charge in [-0.15, -0.1) is 0 Å². The average molecular weight is 333 g/mol. The van der Waals surface area contributed by atoms with Crippen molar-refractivity contribution >= 4 is 46.2 Å². The highest BCUT2D eigenvalue weighted by atomic mass is 35.5. The Kier molecular flexibility index (Phi) is 8.27. The van der Waals surface area contributed by atoms with Crippen molar-refractivity contribution in [3.05, 3.63) is 28.2 Å². The summed E-state index contributed by atoms with van der Waals surface area (Å²) in [6.07, 6.45) is 4.91. The Hall–Kier alpha value is -0.510. The maximum atomic E-state index is 6.10. The van der Waals surface area contributed by atoms with E-state index in [9.17, 15) is 0 Å². The summed E-state index contributed by atoms with van der Waals surface area (Å²) in [6.45, 7) is 5.33. The molecule has 1 atom stereocenters. The van der Waals surface area contributed by atoms with Crippen LogP contribution in [-0.4, -0.2) is 11.7 Å². The predicted octanol–water partition coefficient (Wildman–Crippen LogP) is 5.50. The maximum absolute atomic E-state index is 6.10. The Bertz CT molecular complexity index is 438. The molecule has 0 radical (unpaired) electrons. The molecule has 0 saturated heterocycles. The zero-order chi connectivity index (χ0) is 15.0. The molecule has 1 aromatic carbocycles. The number of hydrogen-bond acceptors (Lipinski definition) is 1. The molecule has 0 aliphatic rings. The molecule has 2 nitrogen and oxygen atoms in total. The van der Waals surface area contributed by atoms with Gasteiger partial charge in [0.05, 0.1) is 10.7 Å². The second-order valence-electron chi connectivity index (χ2n) is 4.88. The van der Waals surface area contributed by atoms with Crippen LogP contribution in [0.15, 0.2) is 18.2 Å². The lowest BCUT2D eigenvalue weighted by atomic mass is 9.99. The topological polar surface area (TPSA) is 24.1 Å². The third kappa shape index (κ3) is 6.29. The normalized spacial score (nSPS) is 12.0. The molecule has 0 aromatic heterocycles. The molecule has 0 aliphatic carbocycles. The van der Waals surface area contributed by atoms with Crippen LogP contribution in [0.4, 0.5) is 5.69 Å². The van der Waals surface area contributed by atoms with Crippen LogP contribution in [0, 0.1) is 5.92 Å². The van der Waals surface area contributed by atoms with Crippen LogP contribution < -0.4 is 10.6 Å². The number of thiocarbonyl (C=S) groups is 1. The van der Waals surface area contributed by atoms with E-state index in [0.717, 1.165) is 18.7 Å². The summed E-state index contributed by atoms with van der Waals surface area (Å²) in [4.78, 5) is 0. The number of benzene rings is 1. The van der Waals surface area contributed by atoms with E-state index in [2.05, 4.69) is 24.5 Å². The summed E-state index contributed by atoms with van der Waals surface area (Å²) < 4.78 is 0. The lowest BCUT2D eigenvalue weighted by Crippen LogP contribution is -2.32. The van der Waals surface area contributed by atoms with Crippen molar-refractivity contribution < 1.29 is 0 Å². The van der Waals surface area contributed by atoms with Gasteiger partial charge >= 0.3 is 0 Å². The first-order valence-corrected chi connectivity index (χ1v) is 8.23. The highest BCUT2D eigenvalue weighted by molar-refractivity contribution is 7.80. The Morgan fingerprint density at radius 1 is 1.30 bits per heavy atom. The van der Waals surface area contributed by atoms with Gasteiger partial charge < -0.3 is 10.6 Å². The molecule has 112 valence electrons. The van der Waals surface area contributed by atoms with Gasteiger partial charge in [-0.05, 0) is 42.8 Å². The smallest absolute Gasteiger partial charge is 0.170 e. The second kappa shape index (κ2) is 9.43. The van der Waals surface area contributed by atoms with Gasteiger partial charge in [0.2, 0.25) is 0 Å². The maximum Gasteiger partial charge on any atom is 0.170 e. The summed E-state index contributed by atoms with van der Waals surface area (Å²) in [5, 5.41) is 8.15. The number of rotatable bonds is 7. The van der Waals surface area contributed by atoms with Gasteiger partial charge in [0.1, 0.15) is 0 Å². The fourth-order valence-electron chi connectivity index (χ4n) is 1.94. The third-order valence-electron chi connectivity index (χ3n) is 3.27. The fourth-order valence-corrected chi connectivity index (χ4v) is 2.59. The summed E-state index contributed by atoms with van der Waals surface area (Å²) in [7, 11) is 0. The standard InChI is InChI=1S/C15H22Cl2N2S/c1-3-5-6-11(4-2)10-18-15(20)19-14-8-7-12(16)9-13(14)17/h7-9,11H,3-6,10H2,1-2H3,(H2,18,19,20)/t11-/m1/s1. The fraction of sp³-hybridized carbons (Fsp3) is 0.533. The monoisotopic (exact) mass is 332 g/mol. The number of anilines is 1. The quantitative estimate of drug-likeness (QED) is 0.645. The highest BCUT2D eigenvalue weighted by Crippen LogP contribution is 2.25. The van der Waals surface area contributed by atoms with Crippen LogP contribution in [0.5, 0.6) is 0 Å². The number of halogens is 2. The van der Waals surface area contributed by atoms with Gasteiger partial charge in [-0.1, -0.05) is 56.3 Å². The minimum absolute atomic E-state index is 0.569. The third-order valence-corrected chi connectivity index (χ3v) is 4.07. The SMILES string of the molecule is CCCC[C@@H](CC)CNC(=S)Nc1ccc(Cl)cc1Cl. The van der Waals surface area contributed by atoms with Crippen molar-refractivity contribution in [1.82, 2.24) is 5.32 Å². The molecular weight excluding hydrogens is 311 g/mol. The lowest BCUT2D eigenvalue weighted by Gasteiger charge is -2.17. The molecular formula is C15H22Cl2N2S. The average Bonchev–Trinajstić information content (AvgIpc) is 2.42. The zero-order valence-electron chi connectivity index (χ0n) is 12.0. The van der Waals surface area contributed by atoms with E-state index in [1.165, 1.54) is 19.3 Å². The molecule has 0 heterocycles. The molecule has 2 N–H and O–H groups in total.